The Labute approximate surface area is 184 Å². The lowest BCUT2D eigenvalue weighted by atomic mass is 9.76. The SMILES string of the molecule is CCN(c1ccc2ccccc2c1)C1CC2(CCCCC2)Oc2c(C)cc(Cl)cc21. The van der Waals surface area contributed by atoms with Gasteiger partial charge < -0.3 is 9.64 Å². The molecular weight excluding hydrogens is 390 g/mol. The third-order valence-electron chi connectivity index (χ3n) is 7.06. The van der Waals surface area contributed by atoms with Gasteiger partial charge in [0.15, 0.2) is 0 Å². The average Bonchev–Trinajstić information content (AvgIpc) is 2.76. The van der Waals surface area contributed by atoms with Gasteiger partial charge in [-0.25, -0.2) is 0 Å². The first-order chi connectivity index (χ1) is 14.6. The fourth-order valence-electron chi connectivity index (χ4n) is 5.58. The van der Waals surface area contributed by atoms with Gasteiger partial charge in [-0.2, -0.15) is 0 Å². The maximum absolute atomic E-state index is 6.79. The monoisotopic (exact) mass is 419 g/mol. The quantitative estimate of drug-likeness (QED) is 0.428. The van der Waals surface area contributed by atoms with Crippen LogP contribution in [0.4, 0.5) is 5.69 Å². The van der Waals surface area contributed by atoms with Gasteiger partial charge >= 0.3 is 0 Å². The number of nitrogens with zero attached hydrogens (tertiary/aromatic N) is 1. The van der Waals surface area contributed by atoms with E-state index in [-0.39, 0.29) is 11.6 Å². The van der Waals surface area contributed by atoms with Crippen molar-refractivity contribution in [2.45, 2.75) is 64.0 Å². The van der Waals surface area contributed by atoms with E-state index >= 15 is 0 Å². The number of anilines is 1. The van der Waals surface area contributed by atoms with E-state index in [2.05, 4.69) is 67.3 Å². The molecule has 1 unspecified atom stereocenters. The maximum Gasteiger partial charge on any atom is 0.128 e. The predicted molar refractivity (Wildman–Crippen MR) is 127 cm³/mol. The van der Waals surface area contributed by atoms with Gasteiger partial charge in [0.1, 0.15) is 11.4 Å². The Kier molecular flexibility index (Phi) is 5.14. The van der Waals surface area contributed by atoms with Crippen LogP contribution >= 0.6 is 11.6 Å². The molecule has 1 fully saturated rings. The summed E-state index contributed by atoms with van der Waals surface area (Å²) in [5.74, 6) is 1.07. The van der Waals surface area contributed by atoms with Gasteiger partial charge in [-0.15, -0.1) is 0 Å². The number of halogens is 1. The fourth-order valence-corrected chi connectivity index (χ4v) is 5.86. The second kappa shape index (κ2) is 7.81. The van der Waals surface area contributed by atoms with E-state index in [4.69, 9.17) is 16.3 Å². The number of hydrogen-bond donors (Lipinski definition) is 0. The molecule has 1 aliphatic carbocycles. The van der Waals surface area contributed by atoms with Crippen molar-refractivity contribution >= 4 is 28.1 Å². The standard InChI is InChI=1S/C27H30ClNO/c1-3-29(23-12-11-20-9-5-6-10-21(20)16-23)25-18-27(13-7-4-8-14-27)30-26-19(2)15-22(28)17-24(25)26/h5-6,9-12,15-17,25H,3-4,7-8,13-14,18H2,1-2H3. The molecule has 0 amide bonds. The first kappa shape index (κ1) is 19.8. The molecule has 3 aromatic rings. The van der Waals surface area contributed by atoms with E-state index in [1.54, 1.807) is 0 Å². The molecule has 1 heterocycles. The van der Waals surface area contributed by atoms with Crippen LogP contribution in [0.3, 0.4) is 0 Å². The molecule has 30 heavy (non-hydrogen) atoms. The van der Waals surface area contributed by atoms with Gasteiger partial charge in [0, 0.05) is 29.2 Å². The summed E-state index contributed by atoms with van der Waals surface area (Å²) in [4.78, 5) is 2.56. The second-order valence-electron chi connectivity index (χ2n) is 9.02. The first-order valence-corrected chi connectivity index (χ1v) is 11.7. The lowest BCUT2D eigenvalue weighted by molar-refractivity contribution is 0.000328. The zero-order valence-corrected chi connectivity index (χ0v) is 18.7. The van der Waals surface area contributed by atoms with E-state index in [0.717, 1.165) is 42.1 Å². The van der Waals surface area contributed by atoms with Gasteiger partial charge in [0.25, 0.3) is 0 Å². The summed E-state index contributed by atoms with van der Waals surface area (Å²) in [6, 6.07) is 19.9. The van der Waals surface area contributed by atoms with Crippen molar-refractivity contribution in [1.29, 1.82) is 0 Å². The Morgan fingerprint density at radius 3 is 2.53 bits per heavy atom. The Morgan fingerprint density at radius 1 is 1.00 bits per heavy atom. The Balaban J connectivity index is 1.62. The van der Waals surface area contributed by atoms with Crippen LogP contribution in [0.1, 0.15) is 62.6 Å². The summed E-state index contributed by atoms with van der Waals surface area (Å²) >= 11 is 6.52. The zero-order chi connectivity index (χ0) is 20.7. The van der Waals surface area contributed by atoms with Crippen LogP contribution < -0.4 is 9.64 Å². The molecular formula is C27H30ClNO. The van der Waals surface area contributed by atoms with Crippen LogP contribution in [0.15, 0.2) is 54.6 Å². The van der Waals surface area contributed by atoms with Crippen LogP contribution in [0, 0.1) is 6.92 Å². The average molecular weight is 420 g/mol. The normalized spacial score (nSPS) is 20.0. The fraction of sp³-hybridized carbons (Fsp3) is 0.407. The molecule has 0 aromatic heterocycles. The Morgan fingerprint density at radius 2 is 1.77 bits per heavy atom. The van der Waals surface area contributed by atoms with Gasteiger partial charge in [-0.3, -0.25) is 0 Å². The number of aryl methyl sites for hydroxylation is 1. The number of ether oxygens (including phenoxy) is 1. The van der Waals surface area contributed by atoms with E-state index in [9.17, 15) is 0 Å². The number of benzene rings is 3. The van der Waals surface area contributed by atoms with E-state index < -0.39 is 0 Å². The molecule has 5 rings (SSSR count). The van der Waals surface area contributed by atoms with E-state index in [1.165, 1.54) is 41.3 Å². The maximum atomic E-state index is 6.79. The van der Waals surface area contributed by atoms with Crippen LogP contribution in [0.25, 0.3) is 10.8 Å². The highest BCUT2D eigenvalue weighted by Crippen LogP contribution is 2.51. The third-order valence-corrected chi connectivity index (χ3v) is 7.28. The Hall–Kier alpha value is -2.19. The van der Waals surface area contributed by atoms with Crippen LogP contribution in [0.2, 0.25) is 5.02 Å². The number of rotatable bonds is 3. The summed E-state index contributed by atoms with van der Waals surface area (Å²) in [7, 11) is 0. The van der Waals surface area contributed by atoms with Crippen molar-refractivity contribution in [3.05, 3.63) is 70.7 Å². The lowest BCUT2D eigenvalue weighted by Gasteiger charge is -2.48. The minimum atomic E-state index is -0.0429. The van der Waals surface area contributed by atoms with Crippen LogP contribution in [0.5, 0.6) is 5.75 Å². The summed E-state index contributed by atoms with van der Waals surface area (Å²) in [5, 5.41) is 3.37. The molecule has 2 aliphatic rings. The molecule has 1 atom stereocenters. The van der Waals surface area contributed by atoms with E-state index in [1.807, 2.05) is 6.07 Å². The largest absolute Gasteiger partial charge is 0.487 e. The third kappa shape index (κ3) is 3.46. The number of fused-ring (bicyclic) bond motifs is 2. The van der Waals surface area contributed by atoms with Crippen LogP contribution in [-0.4, -0.2) is 12.1 Å². The molecule has 1 spiro atoms. The molecule has 3 heteroatoms. The molecule has 1 saturated carbocycles. The van der Waals surface area contributed by atoms with Gasteiger partial charge in [0.05, 0.1) is 6.04 Å². The van der Waals surface area contributed by atoms with Crippen molar-refractivity contribution in [3.63, 3.8) is 0 Å². The minimum absolute atomic E-state index is 0.0429. The summed E-state index contributed by atoms with van der Waals surface area (Å²) < 4.78 is 6.79. The lowest BCUT2D eigenvalue weighted by Crippen LogP contribution is -2.47. The molecule has 1 aliphatic heterocycles. The summed E-state index contributed by atoms with van der Waals surface area (Å²) in [6.45, 7) is 5.34. The topological polar surface area (TPSA) is 12.5 Å². The van der Waals surface area contributed by atoms with Crippen molar-refractivity contribution in [2.75, 3.05) is 11.4 Å². The van der Waals surface area contributed by atoms with Gasteiger partial charge in [-0.1, -0.05) is 48.4 Å². The van der Waals surface area contributed by atoms with Crippen molar-refractivity contribution < 1.29 is 4.74 Å². The van der Waals surface area contributed by atoms with Gasteiger partial charge in [0.2, 0.25) is 0 Å². The van der Waals surface area contributed by atoms with E-state index in [0.29, 0.717) is 0 Å². The highest BCUT2D eigenvalue weighted by atomic mass is 35.5. The highest BCUT2D eigenvalue weighted by Gasteiger charge is 2.44. The number of hydrogen-bond acceptors (Lipinski definition) is 2. The van der Waals surface area contributed by atoms with Crippen LogP contribution in [-0.2, 0) is 0 Å². The van der Waals surface area contributed by atoms with Crippen molar-refractivity contribution in [1.82, 2.24) is 0 Å². The zero-order valence-electron chi connectivity index (χ0n) is 18.0. The summed E-state index contributed by atoms with van der Waals surface area (Å²) in [6.07, 6.45) is 7.18. The second-order valence-corrected chi connectivity index (χ2v) is 9.46. The summed E-state index contributed by atoms with van der Waals surface area (Å²) in [5.41, 5.74) is 3.63. The van der Waals surface area contributed by atoms with Crippen molar-refractivity contribution in [2.24, 2.45) is 0 Å². The molecule has 3 aromatic carbocycles. The molecule has 0 saturated heterocycles. The smallest absolute Gasteiger partial charge is 0.128 e. The molecule has 2 nitrogen and oxygen atoms in total. The molecule has 0 radical (unpaired) electrons. The van der Waals surface area contributed by atoms with Gasteiger partial charge in [-0.05, 0) is 80.1 Å². The Bertz CT molecular complexity index is 1070. The highest BCUT2D eigenvalue weighted by molar-refractivity contribution is 6.30. The molecule has 0 N–H and O–H groups in total. The minimum Gasteiger partial charge on any atom is -0.487 e. The predicted octanol–water partition coefficient (Wildman–Crippen LogP) is 7.85. The van der Waals surface area contributed by atoms with Crippen molar-refractivity contribution in [3.8, 4) is 5.75 Å². The molecule has 156 valence electrons. The molecule has 0 bridgehead atoms. The first-order valence-electron chi connectivity index (χ1n) is 11.3.